The average Bonchev–Trinajstić information content (AvgIpc) is 3.15. The zero-order valence-corrected chi connectivity index (χ0v) is 29.3. The topological polar surface area (TPSA) is 94.5 Å². The summed E-state index contributed by atoms with van der Waals surface area (Å²) in [5.74, 6) is 2.40. The van der Waals surface area contributed by atoms with Gasteiger partial charge in [0.2, 0.25) is 0 Å². The fourth-order valence-electron chi connectivity index (χ4n) is 11.4. The Kier molecular flexibility index (Phi) is 9.99. The molecule has 0 aromatic heterocycles. The monoisotopic (exact) mass is 620 g/mol. The number of carbonyl (C=O) groups excluding carboxylic acids is 1. The molecule has 2 heterocycles. The maximum absolute atomic E-state index is 12.0. The Hall–Kier alpha value is -0.730. The van der Waals surface area contributed by atoms with Gasteiger partial charge in [0.15, 0.2) is 12.4 Å². The molecule has 2 aliphatic heterocycles. The molecule has 0 radical (unpaired) electrons. The summed E-state index contributed by atoms with van der Waals surface area (Å²) in [7, 11) is 0. The van der Waals surface area contributed by atoms with E-state index in [0.717, 1.165) is 19.3 Å². The highest BCUT2D eigenvalue weighted by Crippen LogP contribution is 2.70. The molecule has 3 aliphatic carbocycles. The first-order valence-corrected chi connectivity index (χ1v) is 18.0. The van der Waals surface area contributed by atoms with Crippen LogP contribution in [-0.4, -0.2) is 65.2 Å². The van der Waals surface area contributed by atoms with E-state index in [9.17, 15) is 15.0 Å². The summed E-state index contributed by atoms with van der Waals surface area (Å²) in [6, 6.07) is 0. The van der Waals surface area contributed by atoms with Gasteiger partial charge < -0.3 is 29.2 Å². The molecule has 0 amide bonds. The second-order valence-corrected chi connectivity index (χ2v) is 17.4. The maximum atomic E-state index is 12.0. The molecule has 5 fully saturated rings. The van der Waals surface area contributed by atoms with Crippen molar-refractivity contribution in [2.75, 3.05) is 6.61 Å². The summed E-state index contributed by atoms with van der Waals surface area (Å²) in [6.45, 7) is 20.2. The number of esters is 1. The van der Waals surface area contributed by atoms with Crippen LogP contribution in [0.15, 0.2) is 0 Å². The summed E-state index contributed by atoms with van der Waals surface area (Å²) in [4.78, 5) is 12.0. The van der Waals surface area contributed by atoms with Gasteiger partial charge in [0.05, 0.1) is 36.6 Å². The van der Waals surface area contributed by atoms with Crippen LogP contribution in [0.5, 0.6) is 0 Å². The number of carbonyl (C=O) groups is 1. The minimum Gasteiger partial charge on any atom is -0.457 e. The molecule has 44 heavy (non-hydrogen) atoms. The number of aliphatic hydroxyl groups is 2. The third-order valence-corrected chi connectivity index (χ3v) is 13.8. The SMILES string of the molecule is CC(=O)O[C@@H]([C@H]1C[C@@H](C)C2C(C[C@@]3(C)[C@H](CCC4C(C)CC[C@H](OC5C[C@@H](O)CCO5)C4(C)C)CCC[C@]23C)O1)C(C)(C)O. The van der Waals surface area contributed by atoms with E-state index < -0.39 is 11.7 Å². The summed E-state index contributed by atoms with van der Waals surface area (Å²) < 4.78 is 25.1. The van der Waals surface area contributed by atoms with E-state index >= 15 is 0 Å². The lowest BCUT2D eigenvalue weighted by Gasteiger charge is -2.55. The molecule has 0 aromatic carbocycles. The molecule has 7 nitrogen and oxygen atoms in total. The number of fused-ring (bicyclic) bond motifs is 3. The van der Waals surface area contributed by atoms with Gasteiger partial charge in [0.25, 0.3) is 0 Å². The number of aliphatic hydroxyl groups excluding tert-OH is 1. The minimum atomic E-state index is -1.17. The quantitative estimate of drug-likeness (QED) is 0.281. The zero-order chi connectivity index (χ0) is 32.2. The molecule has 0 spiro atoms. The lowest BCUT2D eigenvalue weighted by atomic mass is 9.50. The molecule has 3 saturated carbocycles. The molecule has 2 N–H and O–H groups in total. The van der Waals surface area contributed by atoms with Crippen LogP contribution in [-0.2, 0) is 23.7 Å². The lowest BCUT2D eigenvalue weighted by Crippen LogP contribution is -2.55. The lowest BCUT2D eigenvalue weighted by molar-refractivity contribution is -0.240. The number of hydrogen-bond donors (Lipinski definition) is 2. The number of hydrogen-bond acceptors (Lipinski definition) is 7. The minimum absolute atomic E-state index is 0.0413. The largest absolute Gasteiger partial charge is 0.457 e. The summed E-state index contributed by atoms with van der Waals surface area (Å²) >= 11 is 0. The van der Waals surface area contributed by atoms with Crippen LogP contribution >= 0.6 is 0 Å². The average molecular weight is 621 g/mol. The summed E-state index contributed by atoms with van der Waals surface area (Å²) in [5, 5.41) is 21.1. The molecular formula is C37H64O7. The van der Waals surface area contributed by atoms with Gasteiger partial charge in [0.1, 0.15) is 0 Å². The molecule has 5 aliphatic rings. The van der Waals surface area contributed by atoms with Crippen molar-refractivity contribution in [2.45, 2.75) is 175 Å². The second-order valence-electron chi connectivity index (χ2n) is 17.4. The highest BCUT2D eigenvalue weighted by molar-refractivity contribution is 5.66. The van der Waals surface area contributed by atoms with Gasteiger partial charge in [-0.3, -0.25) is 4.79 Å². The van der Waals surface area contributed by atoms with Gasteiger partial charge in [-0.2, -0.15) is 0 Å². The van der Waals surface area contributed by atoms with Crippen LogP contribution in [0.2, 0.25) is 0 Å². The molecular weight excluding hydrogens is 556 g/mol. The van der Waals surface area contributed by atoms with Crippen LogP contribution in [0.1, 0.15) is 133 Å². The molecule has 254 valence electrons. The molecule has 7 heteroatoms. The Labute approximate surface area is 267 Å². The van der Waals surface area contributed by atoms with Crippen LogP contribution in [0.25, 0.3) is 0 Å². The van der Waals surface area contributed by atoms with Crippen molar-refractivity contribution < 1.29 is 34.0 Å². The Morgan fingerprint density at radius 3 is 2.39 bits per heavy atom. The Balaban J connectivity index is 1.30. The number of ether oxygens (including phenoxy) is 4. The Bertz CT molecular complexity index is 1010. The van der Waals surface area contributed by atoms with Gasteiger partial charge >= 0.3 is 5.97 Å². The first-order chi connectivity index (χ1) is 20.5. The van der Waals surface area contributed by atoms with Gasteiger partial charge in [-0.1, -0.05) is 48.0 Å². The summed E-state index contributed by atoms with van der Waals surface area (Å²) in [5.41, 5.74) is -0.743. The van der Waals surface area contributed by atoms with E-state index in [0.29, 0.717) is 49.0 Å². The first-order valence-electron chi connectivity index (χ1n) is 18.0. The first kappa shape index (κ1) is 34.6. The van der Waals surface area contributed by atoms with E-state index in [2.05, 4.69) is 41.5 Å². The second kappa shape index (κ2) is 12.7. The van der Waals surface area contributed by atoms with Crippen LogP contribution in [0.4, 0.5) is 0 Å². The van der Waals surface area contributed by atoms with Crippen molar-refractivity contribution >= 4 is 5.97 Å². The third kappa shape index (κ3) is 6.40. The highest BCUT2D eigenvalue weighted by atomic mass is 16.7. The van der Waals surface area contributed by atoms with E-state index in [-0.39, 0.29) is 52.9 Å². The van der Waals surface area contributed by atoms with E-state index in [4.69, 9.17) is 18.9 Å². The molecule has 0 aromatic rings. The molecule has 0 bridgehead atoms. The zero-order valence-electron chi connectivity index (χ0n) is 29.3. The van der Waals surface area contributed by atoms with E-state index in [1.807, 2.05) is 0 Å². The van der Waals surface area contributed by atoms with Crippen molar-refractivity contribution in [1.82, 2.24) is 0 Å². The van der Waals surface area contributed by atoms with Gasteiger partial charge in [-0.15, -0.1) is 0 Å². The number of rotatable bonds is 8. The van der Waals surface area contributed by atoms with Gasteiger partial charge in [-0.25, -0.2) is 0 Å². The van der Waals surface area contributed by atoms with Crippen LogP contribution < -0.4 is 0 Å². The normalized spacial score (nSPS) is 46.5. The predicted molar refractivity (Wildman–Crippen MR) is 171 cm³/mol. The molecule has 13 atom stereocenters. The van der Waals surface area contributed by atoms with Crippen molar-refractivity contribution in [3.63, 3.8) is 0 Å². The van der Waals surface area contributed by atoms with Crippen molar-refractivity contribution in [2.24, 2.45) is 45.8 Å². The fraction of sp³-hybridized carbons (Fsp3) is 0.973. The molecule has 5 rings (SSSR count). The van der Waals surface area contributed by atoms with Gasteiger partial charge in [0, 0.05) is 13.3 Å². The fourth-order valence-corrected chi connectivity index (χ4v) is 11.4. The van der Waals surface area contributed by atoms with Crippen LogP contribution in [0.3, 0.4) is 0 Å². The van der Waals surface area contributed by atoms with Crippen molar-refractivity contribution in [3.8, 4) is 0 Å². The molecule has 5 unspecified atom stereocenters. The van der Waals surface area contributed by atoms with Crippen molar-refractivity contribution in [3.05, 3.63) is 0 Å². The summed E-state index contributed by atoms with van der Waals surface area (Å²) in [6.07, 6.45) is 10.3. The Morgan fingerprint density at radius 1 is 1.00 bits per heavy atom. The maximum Gasteiger partial charge on any atom is 0.303 e. The molecule has 2 saturated heterocycles. The van der Waals surface area contributed by atoms with E-state index in [1.165, 1.54) is 45.4 Å². The standard InChI is InChI=1S/C37H64O7/c1-22-12-15-30(44-31-20-26(39)16-18-41-31)34(4,5)27(22)14-13-25-11-10-17-36(8)32-23(2)19-28(43-29(32)21-37(25,36)9)33(35(6,7)40)42-24(3)38/h22-23,25-33,39-40H,10-21H2,1-9H3/t22?,23-,25+,26+,27?,28-,29?,30+,31?,32?,33+,36-,37+/m1/s1. The van der Waals surface area contributed by atoms with Gasteiger partial charge in [-0.05, 0) is 117 Å². The van der Waals surface area contributed by atoms with E-state index in [1.54, 1.807) is 13.8 Å². The smallest absolute Gasteiger partial charge is 0.303 e. The highest BCUT2D eigenvalue weighted by Gasteiger charge is 2.66. The Morgan fingerprint density at radius 2 is 1.73 bits per heavy atom. The van der Waals surface area contributed by atoms with Crippen LogP contribution in [0, 0.1) is 45.8 Å². The van der Waals surface area contributed by atoms with Crippen molar-refractivity contribution in [1.29, 1.82) is 0 Å². The third-order valence-electron chi connectivity index (χ3n) is 13.8. The predicted octanol–water partition coefficient (Wildman–Crippen LogP) is 7.05.